The van der Waals surface area contributed by atoms with E-state index in [9.17, 15) is 12.8 Å². The van der Waals surface area contributed by atoms with Crippen molar-refractivity contribution in [3.63, 3.8) is 0 Å². The average Bonchev–Trinajstić information content (AvgIpc) is 2.54. The molecule has 0 aromatic heterocycles. The van der Waals surface area contributed by atoms with E-state index < -0.39 is 10.0 Å². The van der Waals surface area contributed by atoms with Crippen molar-refractivity contribution in [2.45, 2.75) is 16.2 Å². The maximum atomic E-state index is 13.8. The van der Waals surface area contributed by atoms with E-state index in [4.69, 9.17) is 0 Å². The molecule has 7 heteroatoms. The van der Waals surface area contributed by atoms with Gasteiger partial charge in [0.1, 0.15) is 5.82 Å². The summed E-state index contributed by atoms with van der Waals surface area (Å²) in [5.74, 6) is 0.362. The van der Waals surface area contributed by atoms with Crippen molar-refractivity contribution in [2.24, 2.45) is 5.10 Å². The fraction of sp³-hybridized carbons (Fsp3) is 0.133. The van der Waals surface area contributed by atoms with Crippen molar-refractivity contribution in [1.29, 1.82) is 0 Å². The number of sulfonamides is 1. The zero-order valence-electron chi connectivity index (χ0n) is 11.5. The van der Waals surface area contributed by atoms with Gasteiger partial charge in [-0.25, -0.2) is 4.39 Å². The third-order valence-corrected chi connectivity index (χ3v) is 5.55. The molecule has 0 unspecified atom stereocenters. The molecule has 1 N–H and O–H groups in total. The topological polar surface area (TPSA) is 58.5 Å². The first-order valence-corrected chi connectivity index (χ1v) is 9.10. The van der Waals surface area contributed by atoms with Crippen LogP contribution in [0.2, 0.25) is 0 Å². The molecule has 0 atom stereocenters. The highest BCUT2D eigenvalue weighted by Gasteiger charge is 2.20. The number of hydrogen-bond donors (Lipinski definition) is 1. The van der Waals surface area contributed by atoms with E-state index in [0.717, 1.165) is 0 Å². The van der Waals surface area contributed by atoms with Gasteiger partial charge < -0.3 is 0 Å². The quantitative estimate of drug-likeness (QED) is 0.877. The van der Waals surface area contributed by atoms with E-state index in [0.29, 0.717) is 28.3 Å². The lowest BCUT2D eigenvalue weighted by Gasteiger charge is -2.17. The van der Waals surface area contributed by atoms with E-state index in [1.807, 2.05) is 0 Å². The summed E-state index contributed by atoms with van der Waals surface area (Å²) in [5, 5.41) is 4.01. The van der Waals surface area contributed by atoms with Gasteiger partial charge in [-0.05, 0) is 18.2 Å². The molecule has 0 spiro atoms. The molecule has 22 heavy (non-hydrogen) atoms. The first-order valence-electron chi connectivity index (χ1n) is 6.63. The predicted octanol–water partition coefficient (Wildman–Crippen LogP) is 3.00. The summed E-state index contributed by atoms with van der Waals surface area (Å²) >= 11 is 1.42. The molecule has 114 valence electrons. The molecule has 0 saturated carbocycles. The third-order valence-electron chi connectivity index (χ3n) is 3.22. The summed E-state index contributed by atoms with van der Waals surface area (Å²) in [6, 6.07) is 12.7. The number of nitrogens with zero attached hydrogens (tertiary/aromatic N) is 1. The van der Waals surface area contributed by atoms with E-state index in [-0.39, 0.29) is 10.7 Å². The van der Waals surface area contributed by atoms with Crippen LogP contribution in [0.4, 0.5) is 4.39 Å². The van der Waals surface area contributed by atoms with Crippen molar-refractivity contribution in [1.82, 2.24) is 4.83 Å². The zero-order valence-corrected chi connectivity index (χ0v) is 13.1. The van der Waals surface area contributed by atoms with E-state index >= 15 is 0 Å². The molecule has 1 aliphatic heterocycles. The number of thioether (sulfide) groups is 1. The Morgan fingerprint density at radius 1 is 1.09 bits per heavy atom. The number of hydrogen-bond acceptors (Lipinski definition) is 4. The molecule has 0 aliphatic carbocycles. The van der Waals surface area contributed by atoms with E-state index in [1.54, 1.807) is 30.3 Å². The van der Waals surface area contributed by atoms with Crippen LogP contribution in [0.3, 0.4) is 0 Å². The Kier molecular flexibility index (Phi) is 4.17. The van der Waals surface area contributed by atoms with Crippen LogP contribution in [-0.2, 0) is 10.0 Å². The molecule has 4 nitrogen and oxygen atoms in total. The minimum atomic E-state index is -3.71. The van der Waals surface area contributed by atoms with Crippen LogP contribution in [0.25, 0.3) is 0 Å². The van der Waals surface area contributed by atoms with Crippen molar-refractivity contribution in [3.05, 3.63) is 59.9 Å². The standard InChI is InChI=1S/C15H13FN2O2S2/c16-13-8-4-7-12-14(9-10-21-15(12)13)17-18-22(19,20)11-5-2-1-3-6-11/h1-8,18H,9-10H2/b17-14-. The Balaban J connectivity index is 1.91. The molecule has 0 amide bonds. The lowest BCUT2D eigenvalue weighted by atomic mass is 10.1. The SMILES string of the molecule is O=S(=O)(N/N=C1/CCSc2c(F)cccc21)c1ccccc1. The highest BCUT2D eigenvalue weighted by atomic mass is 32.2. The van der Waals surface area contributed by atoms with Gasteiger partial charge in [0.15, 0.2) is 0 Å². The van der Waals surface area contributed by atoms with Gasteiger partial charge in [-0.3, -0.25) is 0 Å². The molecule has 0 radical (unpaired) electrons. The van der Waals surface area contributed by atoms with Gasteiger partial charge in [-0.2, -0.15) is 18.4 Å². The molecule has 2 aromatic rings. The van der Waals surface area contributed by atoms with Crippen LogP contribution in [0.5, 0.6) is 0 Å². The minimum Gasteiger partial charge on any atom is -0.206 e. The van der Waals surface area contributed by atoms with Gasteiger partial charge in [0.05, 0.1) is 15.5 Å². The molecule has 0 saturated heterocycles. The van der Waals surface area contributed by atoms with Gasteiger partial charge >= 0.3 is 0 Å². The number of nitrogens with one attached hydrogen (secondary N) is 1. The lowest BCUT2D eigenvalue weighted by Crippen LogP contribution is -2.22. The van der Waals surface area contributed by atoms with E-state index in [2.05, 4.69) is 9.93 Å². The fourth-order valence-electron chi connectivity index (χ4n) is 2.15. The summed E-state index contributed by atoms with van der Waals surface area (Å²) in [6.07, 6.45) is 0.582. The number of rotatable bonds is 3. The summed E-state index contributed by atoms with van der Waals surface area (Å²) < 4.78 is 38.1. The van der Waals surface area contributed by atoms with Gasteiger partial charge in [0.25, 0.3) is 10.0 Å². The minimum absolute atomic E-state index is 0.143. The van der Waals surface area contributed by atoms with Gasteiger partial charge in [-0.1, -0.05) is 30.3 Å². The Hall–Kier alpha value is -1.86. The Bertz CT molecular complexity index is 821. The number of benzene rings is 2. The van der Waals surface area contributed by atoms with Crippen LogP contribution in [0.15, 0.2) is 63.4 Å². The Morgan fingerprint density at radius 3 is 2.64 bits per heavy atom. The van der Waals surface area contributed by atoms with Crippen LogP contribution >= 0.6 is 11.8 Å². The lowest BCUT2D eigenvalue weighted by molar-refractivity contribution is 0.584. The predicted molar refractivity (Wildman–Crippen MR) is 85.0 cm³/mol. The number of fused-ring (bicyclic) bond motifs is 1. The summed E-state index contributed by atoms with van der Waals surface area (Å²) in [6.45, 7) is 0. The zero-order chi connectivity index (χ0) is 15.6. The summed E-state index contributed by atoms with van der Waals surface area (Å²) in [7, 11) is -3.71. The highest BCUT2D eigenvalue weighted by molar-refractivity contribution is 7.99. The van der Waals surface area contributed by atoms with Crippen molar-refractivity contribution in [3.8, 4) is 0 Å². The maximum absolute atomic E-state index is 13.8. The highest BCUT2D eigenvalue weighted by Crippen LogP contribution is 2.32. The number of hydrazone groups is 1. The van der Waals surface area contributed by atoms with E-state index in [1.165, 1.54) is 30.0 Å². The first kappa shape index (κ1) is 15.1. The Labute approximate surface area is 132 Å². The second-order valence-electron chi connectivity index (χ2n) is 4.68. The molecular weight excluding hydrogens is 323 g/mol. The summed E-state index contributed by atoms with van der Waals surface area (Å²) in [5.41, 5.74) is 1.19. The molecular formula is C15H13FN2O2S2. The van der Waals surface area contributed by atoms with Crippen molar-refractivity contribution in [2.75, 3.05) is 5.75 Å². The molecule has 1 heterocycles. The van der Waals surface area contributed by atoms with Gasteiger partial charge in [0, 0.05) is 17.7 Å². The van der Waals surface area contributed by atoms with Crippen LogP contribution in [0, 0.1) is 5.82 Å². The normalized spacial score (nSPS) is 16.3. The fourth-order valence-corrected chi connectivity index (χ4v) is 4.05. The largest absolute Gasteiger partial charge is 0.276 e. The number of halogens is 1. The average molecular weight is 336 g/mol. The van der Waals surface area contributed by atoms with Crippen LogP contribution < -0.4 is 4.83 Å². The van der Waals surface area contributed by atoms with Gasteiger partial charge in [-0.15, -0.1) is 11.8 Å². The summed E-state index contributed by atoms with van der Waals surface area (Å²) in [4.78, 5) is 2.90. The van der Waals surface area contributed by atoms with Crippen molar-refractivity contribution < 1.29 is 12.8 Å². The second kappa shape index (κ2) is 6.10. The Morgan fingerprint density at radius 2 is 1.86 bits per heavy atom. The van der Waals surface area contributed by atoms with Gasteiger partial charge in [0.2, 0.25) is 0 Å². The first-order chi connectivity index (χ1) is 10.6. The smallest absolute Gasteiger partial charge is 0.206 e. The second-order valence-corrected chi connectivity index (χ2v) is 7.45. The molecule has 3 rings (SSSR count). The molecule has 2 aromatic carbocycles. The monoisotopic (exact) mass is 336 g/mol. The third kappa shape index (κ3) is 3.00. The van der Waals surface area contributed by atoms with Crippen LogP contribution in [-0.4, -0.2) is 19.9 Å². The van der Waals surface area contributed by atoms with Crippen molar-refractivity contribution >= 4 is 27.5 Å². The van der Waals surface area contributed by atoms with Crippen LogP contribution in [0.1, 0.15) is 12.0 Å². The molecule has 0 fully saturated rings. The maximum Gasteiger partial charge on any atom is 0.276 e. The molecule has 1 aliphatic rings. The molecule has 0 bridgehead atoms.